The molecular weight excluding hydrogens is 435 g/mol. The van der Waals surface area contributed by atoms with Gasteiger partial charge in [-0.1, -0.05) is 6.92 Å². The molecule has 1 fully saturated rings. The Bertz CT molecular complexity index is 377. The highest BCUT2D eigenvalue weighted by atomic mass is 127. The van der Waals surface area contributed by atoms with Gasteiger partial charge in [-0.05, 0) is 33.1 Å². The van der Waals surface area contributed by atoms with Crippen molar-refractivity contribution in [1.29, 1.82) is 0 Å². The molecule has 7 nitrogen and oxygen atoms in total. The van der Waals surface area contributed by atoms with Crippen LogP contribution in [-0.2, 0) is 14.3 Å². The van der Waals surface area contributed by atoms with Crippen molar-refractivity contribution in [1.82, 2.24) is 16.0 Å². The van der Waals surface area contributed by atoms with Crippen molar-refractivity contribution in [3.05, 3.63) is 0 Å². The number of ether oxygens (including phenoxy) is 2. The Morgan fingerprint density at radius 2 is 2.16 bits per heavy atom. The van der Waals surface area contributed by atoms with Crippen molar-refractivity contribution in [3.63, 3.8) is 0 Å². The van der Waals surface area contributed by atoms with Crippen LogP contribution < -0.4 is 16.0 Å². The third kappa shape index (κ3) is 12.4. The van der Waals surface area contributed by atoms with Gasteiger partial charge in [-0.15, -0.1) is 24.0 Å². The average Bonchev–Trinajstić information content (AvgIpc) is 3.07. The fourth-order valence-electron chi connectivity index (χ4n) is 2.23. The minimum atomic E-state index is 0. The summed E-state index contributed by atoms with van der Waals surface area (Å²) in [5.41, 5.74) is 0. The minimum absolute atomic E-state index is 0. The minimum Gasteiger partial charge on any atom is -0.379 e. The molecule has 0 saturated carbocycles. The van der Waals surface area contributed by atoms with Crippen LogP contribution in [0.15, 0.2) is 4.99 Å². The number of amides is 1. The molecule has 0 spiro atoms. The molecule has 3 N–H and O–H groups in total. The van der Waals surface area contributed by atoms with Crippen molar-refractivity contribution in [2.75, 3.05) is 39.5 Å². The maximum absolute atomic E-state index is 11.7. The quantitative estimate of drug-likeness (QED) is 0.185. The van der Waals surface area contributed by atoms with Gasteiger partial charge in [-0.2, -0.15) is 0 Å². The number of aliphatic imine (C=N–C) groups is 1. The highest BCUT2D eigenvalue weighted by molar-refractivity contribution is 14.0. The van der Waals surface area contributed by atoms with E-state index in [1.807, 2.05) is 13.8 Å². The fourth-order valence-corrected chi connectivity index (χ4v) is 2.23. The number of rotatable bonds is 11. The summed E-state index contributed by atoms with van der Waals surface area (Å²) in [6.07, 6.45) is 3.51. The van der Waals surface area contributed by atoms with E-state index in [2.05, 4.69) is 27.9 Å². The number of carbonyl (C=O) groups excluding carboxylic acids is 1. The summed E-state index contributed by atoms with van der Waals surface area (Å²) in [4.78, 5) is 16.2. The number of hydrogen-bond acceptors (Lipinski definition) is 4. The molecule has 0 bridgehead atoms. The maximum Gasteiger partial charge on any atom is 0.221 e. The molecule has 1 rings (SSSR count). The standard InChI is InChI=1S/C17H34N4O3.HI/c1-4-14(3)21-16(22)7-10-20-17(18-5-2)19-9-6-11-24-15-8-12-23-13-15;/h14-15H,4-13H2,1-3H3,(H,21,22)(H2,18,19,20);1H. The molecule has 0 aromatic carbocycles. The van der Waals surface area contributed by atoms with Crippen LogP contribution in [0.3, 0.4) is 0 Å². The summed E-state index contributed by atoms with van der Waals surface area (Å²) in [6, 6.07) is 0.227. The van der Waals surface area contributed by atoms with E-state index in [1.165, 1.54) is 0 Å². The van der Waals surface area contributed by atoms with Gasteiger partial charge in [-0.25, -0.2) is 0 Å². The molecular formula is C17H35IN4O3. The third-order valence-corrected chi connectivity index (χ3v) is 3.82. The molecule has 8 heteroatoms. The van der Waals surface area contributed by atoms with Gasteiger partial charge in [0.25, 0.3) is 0 Å². The predicted octanol–water partition coefficient (Wildman–Crippen LogP) is 1.66. The molecule has 148 valence electrons. The first-order valence-electron chi connectivity index (χ1n) is 9.16. The Morgan fingerprint density at radius 1 is 1.36 bits per heavy atom. The Labute approximate surface area is 169 Å². The molecule has 0 aliphatic carbocycles. The Balaban J connectivity index is 0.00000576. The number of hydrogen-bond donors (Lipinski definition) is 3. The van der Waals surface area contributed by atoms with Crippen LogP contribution in [0.5, 0.6) is 0 Å². The summed E-state index contributed by atoms with van der Waals surface area (Å²) in [7, 11) is 0. The van der Waals surface area contributed by atoms with E-state index in [0.717, 1.165) is 38.4 Å². The molecule has 1 aliphatic heterocycles. The van der Waals surface area contributed by atoms with Gasteiger partial charge in [0.15, 0.2) is 5.96 Å². The van der Waals surface area contributed by atoms with Crippen LogP contribution in [-0.4, -0.2) is 63.5 Å². The van der Waals surface area contributed by atoms with E-state index in [4.69, 9.17) is 9.47 Å². The second kappa shape index (κ2) is 15.6. The number of nitrogens with zero attached hydrogens (tertiary/aromatic N) is 1. The highest BCUT2D eigenvalue weighted by Gasteiger charge is 2.15. The molecule has 0 aromatic heterocycles. The van der Waals surface area contributed by atoms with Crippen LogP contribution in [0.4, 0.5) is 0 Å². The van der Waals surface area contributed by atoms with E-state index in [1.54, 1.807) is 0 Å². The largest absolute Gasteiger partial charge is 0.379 e. The second-order valence-electron chi connectivity index (χ2n) is 6.02. The van der Waals surface area contributed by atoms with Crippen molar-refractivity contribution in [2.45, 2.75) is 58.6 Å². The molecule has 2 atom stereocenters. The Kier molecular flexibility index (Phi) is 15.2. The van der Waals surface area contributed by atoms with Crippen LogP contribution in [0, 0.1) is 0 Å². The number of carbonyl (C=O) groups is 1. The van der Waals surface area contributed by atoms with E-state index < -0.39 is 0 Å². The number of halogens is 1. The number of nitrogens with one attached hydrogen (secondary N) is 3. The zero-order valence-electron chi connectivity index (χ0n) is 15.8. The van der Waals surface area contributed by atoms with E-state index in [9.17, 15) is 4.79 Å². The van der Waals surface area contributed by atoms with Crippen molar-refractivity contribution in [2.24, 2.45) is 4.99 Å². The van der Waals surface area contributed by atoms with Crippen LogP contribution in [0.25, 0.3) is 0 Å². The van der Waals surface area contributed by atoms with E-state index in [-0.39, 0.29) is 42.0 Å². The first-order chi connectivity index (χ1) is 11.7. The van der Waals surface area contributed by atoms with Crippen LogP contribution in [0.1, 0.15) is 46.5 Å². The van der Waals surface area contributed by atoms with E-state index in [0.29, 0.717) is 32.7 Å². The smallest absolute Gasteiger partial charge is 0.221 e. The number of guanidine groups is 1. The van der Waals surface area contributed by atoms with Crippen molar-refractivity contribution < 1.29 is 14.3 Å². The Morgan fingerprint density at radius 3 is 2.80 bits per heavy atom. The maximum atomic E-state index is 11.7. The lowest BCUT2D eigenvalue weighted by Gasteiger charge is -2.13. The first-order valence-corrected chi connectivity index (χ1v) is 9.16. The van der Waals surface area contributed by atoms with Gasteiger partial charge in [0.2, 0.25) is 5.91 Å². The molecule has 2 unspecified atom stereocenters. The molecule has 0 aromatic rings. The lowest BCUT2D eigenvalue weighted by Crippen LogP contribution is -2.40. The predicted molar refractivity (Wildman–Crippen MR) is 112 cm³/mol. The van der Waals surface area contributed by atoms with Gasteiger partial charge < -0.3 is 25.4 Å². The molecule has 1 saturated heterocycles. The molecule has 1 amide bonds. The Hall–Kier alpha value is -0.610. The summed E-state index contributed by atoms with van der Waals surface area (Å²) < 4.78 is 11.0. The lowest BCUT2D eigenvalue weighted by atomic mass is 10.2. The SMILES string of the molecule is CCNC(=NCCCOC1CCOC1)NCCC(=O)NC(C)CC.I. The third-order valence-electron chi connectivity index (χ3n) is 3.82. The van der Waals surface area contributed by atoms with Gasteiger partial charge in [0.1, 0.15) is 0 Å². The van der Waals surface area contributed by atoms with Crippen molar-refractivity contribution >= 4 is 35.8 Å². The molecule has 0 radical (unpaired) electrons. The zero-order valence-corrected chi connectivity index (χ0v) is 18.1. The van der Waals surface area contributed by atoms with Gasteiger partial charge in [-0.3, -0.25) is 9.79 Å². The molecule has 1 aliphatic rings. The van der Waals surface area contributed by atoms with Crippen LogP contribution >= 0.6 is 24.0 Å². The monoisotopic (exact) mass is 470 g/mol. The summed E-state index contributed by atoms with van der Waals surface area (Å²) in [5, 5.41) is 9.33. The topological polar surface area (TPSA) is 84.0 Å². The van der Waals surface area contributed by atoms with E-state index >= 15 is 0 Å². The first kappa shape index (κ1) is 24.4. The van der Waals surface area contributed by atoms with Crippen molar-refractivity contribution in [3.8, 4) is 0 Å². The second-order valence-corrected chi connectivity index (χ2v) is 6.02. The van der Waals surface area contributed by atoms with Gasteiger partial charge in [0.05, 0.1) is 12.7 Å². The lowest BCUT2D eigenvalue weighted by molar-refractivity contribution is -0.121. The molecule has 25 heavy (non-hydrogen) atoms. The fraction of sp³-hybridized carbons (Fsp3) is 0.882. The normalized spacial score (nSPS) is 18.4. The van der Waals surface area contributed by atoms with Gasteiger partial charge in [0, 0.05) is 45.3 Å². The summed E-state index contributed by atoms with van der Waals surface area (Å²) in [5.74, 6) is 0.818. The summed E-state index contributed by atoms with van der Waals surface area (Å²) >= 11 is 0. The summed E-state index contributed by atoms with van der Waals surface area (Å²) in [6.45, 7) is 10.4. The average molecular weight is 470 g/mol. The molecule has 1 heterocycles. The van der Waals surface area contributed by atoms with Crippen LogP contribution in [0.2, 0.25) is 0 Å². The zero-order chi connectivity index (χ0) is 17.6. The highest BCUT2D eigenvalue weighted by Crippen LogP contribution is 2.08. The van der Waals surface area contributed by atoms with Gasteiger partial charge >= 0.3 is 0 Å².